The lowest BCUT2D eigenvalue weighted by molar-refractivity contribution is 0.424. The molecule has 0 fully saturated rings. The highest BCUT2D eigenvalue weighted by Crippen LogP contribution is 2.32. The summed E-state index contributed by atoms with van der Waals surface area (Å²) < 4.78 is 0. The molecule has 1 heterocycles. The molecule has 0 saturated heterocycles. The molecule has 0 spiro atoms. The van der Waals surface area contributed by atoms with E-state index in [4.69, 9.17) is 0 Å². The van der Waals surface area contributed by atoms with Crippen molar-refractivity contribution in [3.63, 3.8) is 0 Å². The van der Waals surface area contributed by atoms with Gasteiger partial charge in [0, 0.05) is 17.1 Å². The average molecular weight is 183 g/mol. The zero-order valence-electron chi connectivity index (χ0n) is 7.49. The van der Waals surface area contributed by atoms with Gasteiger partial charge in [0.1, 0.15) is 0 Å². The van der Waals surface area contributed by atoms with Crippen LogP contribution in [0.15, 0.2) is 42.3 Å². The van der Waals surface area contributed by atoms with Crippen molar-refractivity contribution in [1.29, 1.82) is 0 Å². The molecule has 14 heavy (non-hydrogen) atoms. The second-order valence-corrected chi connectivity index (χ2v) is 3.41. The first-order valence-electron chi connectivity index (χ1n) is 4.54. The number of benzene rings is 2. The molecular formula is C12H9NO. The molecule has 0 bridgehead atoms. The fraction of sp³-hybridized carbons (Fsp3) is 0. The molecule has 68 valence electrons. The van der Waals surface area contributed by atoms with E-state index in [1.807, 2.05) is 24.3 Å². The predicted octanol–water partition coefficient (Wildman–Crippen LogP) is 3.12. The number of rotatable bonds is 0. The van der Waals surface area contributed by atoms with Crippen molar-refractivity contribution >= 4 is 22.5 Å². The third-order valence-corrected chi connectivity index (χ3v) is 2.49. The van der Waals surface area contributed by atoms with Crippen molar-refractivity contribution in [2.75, 3.05) is 5.32 Å². The van der Waals surface area contributed by atoms with Crippen LogP contribution in [0.5, 0.6) is 0 Å². The summed E-state index contributed by atoms with van der Waals surface area (Å²) in [5.74, 6) is 0.205. The van der Waals surface area contributed by atoms with E-state index < -0.39 is 0 Å². The normalized spacial score (nSPS) is 13.6. The van der Waals surface area contributed by atoms with Gasteiger partial charge in [-0.25, -0.2) is 0 Å². The maximum absolute atomic E-state index is 9.46. The average Bonchev–Trinajstić information content (AvgIpc) is 2.18. The van der Waals surface area contributed by atoms with Gasteiger partial charge in [-0.1, -0.05) is 30.3 Å². The van der Waals surface area contributed by atoms with Gasteiger partial charge >= 0.3 is 0 Å². The van der Waals surface area contributed by atoms with Crippen LogP contribution in [0.4, 0.5) is 5.69 Å². The molecule has 3 rings (SSSR count). The minimum absolute atomic E-state index is 0.205. The Bertz CT molecular complexity index is 538. The van der Waals surface area contributed by atoms with E-state index in [1.165, 1.54) is 10.8 Å². The van der Waals surface area contributed by atoms with Gasteiger partial charge in [0.2, 0.25) is 0 Å². The van der Waals surface area contributed by atoms with Crippen LogP contribution < -0.4 is 5.32 Å². The molecule has 2 heteroatoms. The van der Waals surface area contributed by atoms with Crippen molar-refractivity contribution in [1.82, 2.24) is 0 Å². The van der Waals surface area contributed by atoms with E-state index in [0.29, 0.717) is 0 Å². The standard InChI is InChI=1S/C12H9NO/c14-11-7-9-5-1-3-8-4-2-6-10(13-11)12(8)9/h1-7,13-14H. The Labute approximate surface area is 81.5 Å². The topological polar surface area (TPSA) is 32.3 Å². The van der Waals surface area contributed by atoms with Gasteiger partial charge in [0.05, 0.1) is 0 Å². The lowest BCUT2D eigenvalue weighted by Gasteiger charge is -2.15. The molecule has 0 atom stereocenters. The minimum Gasteiger partial charge on any atom is -0.495 e. The highest BCUT2D eigenvalue weighted by atomic mass is 16.3. The number of hydrogen-bond donors (Lipinski definition) is 2. The molecule has 2 nitrogen and oxygen atoms in total. The summed E-state index contributed by atoms with van der Waals surface area (Å²) in [6.45, 7) is 0. The van der Waals surface area contributed by atoms with Crippen LogP contribution in [-0.4, -0.2) is 5.11 Å². The number of anilines is 1. The number of aliphatic hydroxyl groups excluding tert-OH is 1. The van der Waals surface area contributed by atoms with Gasteiger partial charge < -0.3 is 10.4 Å². The summed E-state index contributed by atoms with van der Waals surface area (Å²) in [5.41, 5.74) is 2.03. The molecule has 2 aromatic carbocycles. The van der Waals surface area contributed by atoms with Crippen LogP contribution >= 0.6 is 0 Å². The smallest absolute Gasteiger partial charge is 0.189 e. The third-order valence-electron chi connectivity index (χ3n) is 2.49. The second-order valence-electron chi connectivity index (χ2n) is 3.41. The Morgan fingerprint density at radius 1 is 1.00 bits per heavy atom. The Hall–Kier alpha value is -1.96. The molecule has 0 amide bonds. The summed E-state index contributed by atoms with van der Waals surface area (Å²) in [7, 11) is 0. The van der Waals surface area contributed by atoms with Crippen LogP contribution in [-0.2, 0) is 0 Å². The number of aliphatic hydroxyl groups is 1. The first-order chi connectivity index (χ1) is 6.84. The first kappa shape index (κ1) is 7.44. The highest BCUT2D eigenvalue weighted by molar-refractivity contribution is 6.02. The van der Waals surface area contributed by atoms with Gasteiger partial charge in [-0.3, -0.25) is 0 Å². The zero-order valence-corrected chi connectivity index (χ0v) is 7.49. The van der Waals surface area contributed by atoms with Gasteiger partial charge in [-0.15, -0.1) is 0 Å². The van der Waals surface area contributed by atoms with Gasteiger partial charge in [-0.2, -0.15) is 0 Å². The van der Waals surface area contributed by atoms with Crippen molar-refractivity contribution in [3.05, 3.63) is 47.8 Å². The monoisotopic (exact) mass is 183 g/mol. The van der Waals surface area contributed by atoms with E-state index in [2.05, 4.69) is 17.4 Å². The quantitative estimate of drug-likeness (QED) is 0.657. The minimum atomic E-state index is 0.205. The van der Waals surface area contributed by atoms with Crippen LogP contribution in [0.3, 0.4) is 0 Å². The molecule has 2 N–H and O–H groups in total. The first-order valence-corrected chi connectivity index (χ1v) is 4.54. The Kier molecular flexibility index (Phi) is 1.34. The van der Waals surface area contributed by atoms with E-state index in [0.717, 1.165) is 11.3 Å². The fourth-order valence-corrected chi connectivity index (χ4v) is 1.92. The largest absolute Gasteiger partial charge is 0.495 e. The zero-order chi connectivity index (χ0) is 9.54. The van der Waals surface area contributed by atoms with Crippen LogP contribution in [0.2, 0.25) is 0 Å². The molecule has 0 aromatic heterocycles. The maximum Gasteiger partial charge on any atom is 0.189 e. The van der Waals surface area contributed by atoms with E-state index in [-0.39, 0.29) is 5.88 Å². The molecule has 2 aromatic rings. The Balaban J connectivity index is 2.50. The summed E-state index contributed by atoms with van der Waals surface area (Å²) >= 11 is 0. The molecule has 0 unspecified atom stereocenters. The summed E-state index contributed by atoms with van der Waals surface area (Å²) in [6.07, 6.45) is 1.75. The number of hydrogen-bond acceptors (Lipinski definition) is 2. The molecule has 0 aliphatic carbocycles. The summed E-state index contributed by atoms with van der Waals surface area (Å²) in [4.78, 5) is 0. The Morgan fingerprint density at radius 3 is 2.64 bits per heavy atom. The van der Waals surface area contributed by atoms with Crippen molar-refractivity contribution in [3.8, 4) is 0 Å². The van der Waals surface area contributed by atoms with Crippen LogP contribution in [0.1, 0.15) is 5.56 Å². The van der Waals surface area contributed by atoms with Crippen molar-refractivity contribution < 1.29 is 5.11 Å². The van der Waals surface area contributed by atoms with Crippen LogP contribution in [0, 0.1) is 0 Å². The van der Waals surface area contributed by atoms with Crippen LogP contribution in [0.25, 0.3) is 16.8 Å². The summed E-state index contributed by atoms with van der Waals surface area (Å²) in [6, 6.07) is 12.1. The molecule has 0 saturated carbocycles. The highest BCUT2D eigenvalue weighted by Gasteiger charge is 2.10. The van der Waals surface area contributed by atoms with E-state index in [9.17, 15) is 5.11 Å². The number of nitrogens with one attached hydrogen (secondary N) is 1. The fourth-order valence-electron chi connectivity index (χ4n) is 1.92. The lowest BCUT2D eigenvalue weighted by atomic mass is 10.0. The summed E-state index contributed by atoms with van der Waals surface area (Å²) in [5, 5.41) is 14.8. The molecule has 1 aliphatic rings. The second kappa shape index (κ2) is 2.51. The third kappa shape index (κ3) is 0.909. The molecular weight excluding hydrogens is 174 g/mol. The lowest BCUT2D eigenvalue weighted by Crippen LogP contribution is -2.03. The van der Waals surface area contributed by atoms with Crippen molar-refractivity contribution in [2.24, 2.45) is 0 Å². The van der Waals surface area contributed by atoms with Gasteiger partial charge in [0.15, 0.2) is 5.88 Å². The molecule has 0 radical (unpaired) electrons. The van der Waals surface area contributed by atoms with E-state index in [1.54, 1.807) is 6.08 Å². The maximum atomic E-state index is 9.46. The Morgan fingerprint density at radius 2 is 1.79 bits per heavy atom. The SMILES string of the molecule is OC1=Cc2cccc3cccc(c23)N1. The van der Waals surface area contributed by atoms with E-state index >= 15 is 0 Å². The predicted molar refractivity (Wildman–Crippen MR) is 58.2 cm³/mol. The van der Waals surface area contributed by atoms with Gasteiger partial charge in [-0.05, 0) is 17.0 Å². The van der Waals surface area contributed by atoms with Gasteiger partial charge in [0.25, 0.3) is 0 Å². The molecule has 1 aliphatic heterocycles. The van der Waals surface area contributed by atoms with Crippen molar-refractivity contribution in [2.45, 2.75) is 0 Å².